The van der Waals surface area contributed by atoms with Gasteiger partial charge in [-0.05, 0) is 12.1 Å². The van der Waals surface area contributed by atoms with Gasteiger partial charge < -0.3 is 0 Å². The second kappa shape index (κ2) is 3.79. The maximum absolute atomic E-state index is 10.4. The molecular formula is C11H8N2O. The van der Waals surface area contributed by atoms with Gasteiger partial charge in [-0.15, -0.1) is 0 Å². The Balaban J connectivity index is 2.39. The zero-order chi connectivity index (χ0) is 9.80. The number of aromatic nitrogens is 2. The molecule has 0 bridgehead atoms. The summed E-state index contributed by atoms with van der Waals surface area (Å²) in [5, 5.41) is 0. The summed E-state index contributed by atoms with van der Waals surface area (Å²) in [7, 11) is 0. The molecule has 0 aliphatic rings. The van der Waals surface area contributed by atoms with Gasteiger partial charge in [0.25, 0.3) is 0 Å². The predicted molar refractivity (Wildman–Crippen MR) is 52.9 cm³/mol. The van der Waals surface area contributed by atoms with E-state index in [2.05, 4.69) is 9.97 Å². The highest BCUT2D eigenvalue weighted by molar-refractivity contribution is 5.73. The van der Waals surface area contributed by atoms with E-state index >= 15 is 0 Å². The molecule has 0 unspecified atom stereocenters. The van der Waals surface area contributed by atoms with Crippen LogP contribution < -0.4 is 0 Å². The van der Waals surface area contributed by atoms with Crippen molar-refractivity contribution < 1.29 is 4.79 Å². The summed E-state index contributed by atoms with van der Waals surface area (Å²) < 4.78 is 0. The van der Waals surface area contributed by atoms with Gasteiger partial charge in [0.05, 0.1) is 0 Å². The SMILES string of the molecule is O=Cc1ccc(-c2cccnc2)cn1. The molecule has 0 amide bonds. The third-order valence-corrected chi connectivity index (χ3v) is 1.90. The Kier molecular flexibility index (Phi) is 2.32. The topological polar surface area (TPSA) is 42.9 Å². The first kappa shape index (κ1) is 8.56. The summed E-state index contributed by atoms with van der Waals surface area (Å²) in [5.74, 6) is 0. The Morgan fingerprint density at radius 2 is 1.93 bits per heavy atom. The zero-order valence-corrected chi connectivity index (χ0v) is 7.42. The van der Waals surface area contributed by atoms with Gasteiger partial charge in [-0.2, -0.15) is 0 Å². The van der Waals surface area contributed by atoms with Crippen molar-refractivity contribution in [3.8, 4) is 11.1 Å². The quantitative estimate of drug-likeness (QED) is 0.670. The molecule has 2 rings (SSSR count). The van der Waals surface area contributed by atoms with Gasteiger partial charge in [0.15, 0.2) is 6.29 Å². The summed E-state index contributed by atoms with van der Waals surface area (Å²) in [5.41, 5.74) is 2.40. The first-order chi connectivity index (χ1) is 6.90. The van der Waals surface area contributed by atoms with E-state index in [9.17, 15) is 4.79 Å². The summed E-state index contributed by atoms with van der Waals surface area (Å²) >= 11 is 0. The Labute approximate surface area is 81.5 Å². The molecule has 0 aromatic carbocycles. The molecule has 0 saturated carbocycles. The summed E-state index contributed by atoms with van der Waals surface area (Å²) in [6.07, 6.45) is 5.88. The number of carbonyl (C=O) groups is 1. The van der Waals surface area contributed by atoms with Crippen molar-refractivity contribution in [2.45, 2.75) is 0 Å². The molecule has 68 valence electrons. The monoisotopic (exact) mass is 184 g/mol. The van der Waals surface area contributed by atoms with Gasteiger partial charge in [-0.1, -0.05) is 12.1 Å². The van der Waals surface area contributed by atoms with E-state index in [4.69, 9.17) is 0 Å². The van der Waals surface area contributed by atoms with Gasteiger partial charge in [0.2, 0.25) is 0 Å². The fourth-order valence-corrected chi connectivity index (χ4v) is 1.18. The highest BCUT2D eigenvalue weighted by Gasteiger charge is 1.97. The molecular weight excluding hydrogens is 176 g/mol. The van der Waals surface area contributed by atoms with E-state index in [0.717, 1.165) is 17.4 Å². The molecule has 0 atom stereocenters. The number of pyridine rings is 2. The molecule has 3 nitrogen and oxygen atoms in total. The van der Waals surface area contributed by atoms with Crippen LogP contribution in [-0.2, 0) is 0 Å². The minimum absolute atomic E-state index is 0.442. The highest BCUT2D eigenvalue weighted by atomic mass is 16.1. The maximum Gasteiger partial charge on any atom is 0.168 e. The first-order valence-corrected chi connectivity index (χ1v) is 4.22. The van der Waals surface area contributed by atoms with E-state index in [-0.39, 0.29) is 0 Å². The molecule has 0 fully saturated rings. The number of nitrogens with zero attached hydrogens (tertiary/aromatic N) is 2. The molecule has 0 aliphatic carbocycles. The third-order valence-electron chi connectivity index (χ3n) is 1.90. The third kappa shape index (κ3) is 1.66. The van der Waals surface area contributed by atoms with Crippen LogP contribution in [0.1, 0.15) is 10.5 Å². The summed E-state index contributed by atoms with van der Waals surface area (Å²) in [6, 6.07) is 7.36. The van der Waals surface area contributed by atoms with Crippen LogP contribution in [0.15, 0.2) is 42.9 Å². The van der Waals surface area contributed by atoms with Gasteiger partial charge in [-0.3, -0.25) is 14.8 Å². The van der Waals surface area contributed by atoms with E-state index in [1.807, 2.05) is 18.2 Å². The summed E-state index contributed by atoms with van der Waals surface area (Å²) in [4.78, 5) is 18.4. The van der Waals surface area contributed by atoms with Crippen molar-refractivity contribution >= 4 is 6.29 Å². The second-order valence-electron chi connectivity index (χ2n) is 2.83. The number of hydrogen-bond acceptors (Lipinski definition) is 3. The Bertz CT molecular complexity index is 423. The lowest BCUT2D eigenvalue weighted by molar-refractivity contribution is 0.111. The van der Waals surface area contributed by atoms with E-state index in [1.165, 1.54) is 0 Å². The average molecular weight is 184 g/mol. The molecule has 2 aromatic heterocycles. The van der Waals surface area contributed by atoms with Crippen LogP contribution >= 0.6 is 0 Å². The molecule has 0 saturated heterocycles. The maximum atomic E-state index is 10.4. The summed E-state index contributed by atoms with van der Waals surface area (Å²) in [6.45, 7) is 0. The molecule has 3 heteroatoms. The number of rotatable bonds is 2. The standard InChI is InChI=1S/C11H8N2O/c14-8-11-4-3-10(7-13-11)9-2-1-5-12-6-9/h1-8H. The van der Waals surface area contributed by atoms with Gasteiger partial charge >= 0.3 is 0 Å². The number of carbonyl (C=O) groups excluding carboxylic acids is 1. The Morgan fingerprint density at radius 3 is 2.50 bits per heavy atom. The van der Waals surface area contributed by atoms with Crippen LogP contribution in [0.5, 0.6) is 0 Å². The smallest absolute Gasteiger partial charge is 0.168 e. The molecule has 14 heavy (non-hydrogen) atoms. The van der Waals surface area contributed by atoms with Crippen LogP contribution in [-0.4, -0.2) is 16.3 Å². The van der Waals surface area contributed by atoms with E-state index in [1.54, 1.807) is 24.7 Å². The Morgan fingerprint density at radius 1 is 1.07 bits per heavy atom. The fraction of sp³-hybridized carbons (Fsp3) is 0. The molecule has 2 heterocycles. The fourth-order valence-electron chi connectivity index (χ4n) is 1.18. The van der Waals surface area contributed by atoms with Gasteiger partial charge in [0, 0.05) is 29.7 Å². The lowest BCUT2D eigenvalue weighted by atomic mass is 10.1. The molecule has 0 radical (unpaired) electrons. The van der Waals surface area contributed by atoms with Crippen molar-refractivity contribution in [2.75, 3.05) is 0 Å². The van der Waals surface area contributed by atoms with Crippen molar-refractivity contribution in [2.24, 2.45) is 0 Å². The highest BCUT2D eigenvalue weighted by Crippen LogP contribution is 2.15. The minimum Gasteiger partial charge on any atom is -0.296 e. The van der Waals surface area contributed by atoms with E-state index < -0.39 is 0 Å². The lowest BCUT2D eigenvalue weighted by Gasteiger charge is -1.99. The van der Waals surface area contributed by atoms with Crippen LogP contribution in [0.25, 0.3) is 11.1 Å². The molecule has 0 N–H and O–H groups in total. The zero-order valence-electron chi connectivity index (χ0n) is 7.42. The van der Waals surface area contributed by atoms with Gasteiger partial charge in [0.1, 0.15) is 5.69 Å². The lowest BCUT2D eigenvalue weighted by Crippen LogP contribution is -1.86. The van der Waals surface area contributed by atoms with Crippen molar-refractivity contribution in [1.82, 2.24) is 9.97 Å². The van der Waals surface area contributed by atoms with E-state index in [0.29, 0.717) is 5.69 Å². The first-order valence-electron chi connectivity index (χ1n) is 4.22. The van der Waals surface area contributed by atoms with Crippen LogP contribution in [0.3, 0.4) is 0 Å². The van der Waals surface area contributed by atoms with Crippen LogP contribution in [0.2, 0.25) is 0 Å². The second-order valence-corrected chi connectivity index (χ2v) is 2.83. The van der Waals surface area contributed by atoms with Gasteiger partial charge in [-0.25, -0.2) is 0 Å². The predicted octanol–water partition coefficient (Wildman–Crippen LogP) is 1.96. The van der Waals surface area contributed by atoms with Crippen molar-refractivity contribution in [3.63, 3.8) is 0 Å². The van der Waals surface area contributed by atoms with Crippen molar-refractivity contribution in [3.05, 3.63) is 48.5 Å². The number of hydrogen-bond donors (Lipinski definition) is 0. The normalized spacial score (nSPS) is 9.71. The van der Waals surface area contributed by atoms with Crippen LogP contribution in [0, 0.1) is 0 Å². The average Bonchev–Trinajstić information content (AvgIpc) is 2.30. The molecule has 2 aromatic rings. The Hall–Kier alpha value is -2.03. The van der Waals surface area contributed by atoms with Crippen molar-refractivity contribution in [1.29, 1.82) is 0 Å². The largest absolute Gasteiger partial charge is 0.296 e. The molecule has 0 aliphatic heterocycles. The number of aldehydes is 1. The molecule has 0 spiro atoms. The minimum atomic E-state index is 0.442. The van der Waals surface area contributed by atoms with Crippen LogP contribution in [0.4, 0.5) is 0 Å².